The molecule has 0 spiro atoms. The van der Waals surface area contributed by atoms with E-state index in [2.05, 4.69) is 5.32 Å². The molecule has 0 aromatic heterocycles. The number of aliphatic hydroxyl groups is 1. The topological polar surface area (TPSA) is 61.8 Å². The van der Waals surface area contributed by atoms with Crippen LogP contribution in [0.15, 0.2) is 18.2 Å². The molecule has 1 fully saturated rings. The molecule has 1 saturated heterocycles. The van der Waals surface area contributed by atoms with Crippen LogP contribution >= 0.6 is 11.6 Å². The predicted molar refractivity (Wildman–Crippen MR) is 73.3 cm³/mol. The number of morpholine rings is 1. The summed E-state index contributed by atoms with van der Waals surface area (Å²) in [6.45, 7) is 2.58. The van der Waals surface area contributed by atoms with Crippen LogP contribution in [0.3, 0.4) is 0 Å². The standard InChI is InChI=1S/C13H17ClN2O3/c14-11-2-1-10(9-17)7-12(11)15-8-13(18)16-3-5-19-6-4-16/h1-2,7,15,17H,3-6,8-9H2. The highest BCUT2D eigenvalue weighted by molar-refractivity contribution is 6.33. The predicted octanol–water partition coefficient (Wildman–Crippen LogP) is 1.10. The summed E-state index contributed by atoms with van der Waals surface area (Å²) < 4.78 is 5.20. The molecule has 2 N–H and O–H groups in total. The second-order valence-electron chi connectivity index (χ2n) is 4.32. The zero-order chi connectivity index (χ0) is 13.7. The molecule has 0 aliphatic carbocycles. The number of benzene rings is 1. The molecule has 0 saturated carbocycles. The van der Waals surface area contributed by atoms with Gasteiger partial charge in [-0.25, -0.2) is 0 Å². The number of nitrogens with zero attached hydrogens (tertiary/aromatic N) is 1. The van der Waals surface area contributed by atoms with Crippen LogP contribution in [-0.4, -0.2) is 48.8 Å². The number of carbonyl (C=O) groups is 1. The van der Waals surface area contributed by atoms with Gasteiger partial charge in [-0.2, -0.15) is 0 Å². The normalized spacial score (nSPS) is 15.4. The van der Waals surface area contributed by atoms with Gasteiger partial charge in [0.15, 0.2) is 0 Å². The first-order valence-electron chi connectivity index (χ1n) is 6.19. The van der Waals surface area contributed by atoms with Crippen LogP contribution < -0.4 is 5.32 Å². The van der Waals surface area contributed by atoms with Crippen molar-refractivity contribution in [3.05, 3.63) is 28.8 Å². The first-order valence-corrected chi connectivity index (χ1v) is 6.57. The molecular weight excluding hydrogens is 268 g/mol. The maximum Gasteiger partial charge on any atom is 0.242 e. The molecule has 0 unspecified atom stereocenters. The van der Waals surface area contributed by atoms with Crippen molar-refractivity contribution in [2.75, 3.05) is 38.2 Å². The summed E-state index contributed by atoms with van der Waals surface area (Å²) in [6, 6.07) is 5.20. The lowest BCUT2D eigenvalue weighted by atomic mass is 10.2. The molecule has 104 valence electrons. The van der Waals surface area contributed by atoms with Gasteiger partial charge in [0.2, 0.25) is 5.91 Å². The monoisotopic (exact) mass is 284 g/mol. The molecule has 1 amide bonds. The number of hydrogen-bond donors (Lipinski definition) is 2. The van der Waals surface area contributed by atoms with Crippen LogP contribution in [0.5, 0.6) is 0 Å². The second kappa shape index (κ2) is 6.75. The lowest BCUT2D eigenvalue weighted by Crippen LogP contribution is -2.43. The molecule has 6 heteroatoms. The molecule has 1 aliphatic heterocycles. The van der Waals surface area contributed by atoms with Crippen LogP contribution in [0.4, 0.5) is 5.69 Å². The van der Waals surface area contributed by atoms with Gasteiger partial charge in [-0.15, -0.1) is 0 Å². The number of nitrogens with one attached hydrogen (secondary N) is 1. The summed E-state index contributed by atoms with van der Waals surface area (Å²) >= 11 is 6.03. The summed E-state index contributed by atoms with van der Waals surface area (Å²) in [5, 5.41) is 12.6. The Morgan fingerprint density at radius 2 is 2.16 bits per heavy atom. The molecule has 1 aromatic carbocycles. The number of anilines is 1. The Hall–Kier alpha value is -1.30. The Morgan fingerprint density at radius 1 is 1.42 bits per heavy atom. The lowest BCUT2D eigenvalue weighted by molar-refractivity contribution is -0.133. The van der Waals surface area contributed by atoms with E-state index in [-0.39, 0.29) is 19.1 Å². The van der Waals surface area contributed by atoms with Crippen LogP contribution in [0.1, 0.15) is 5.56 Å². The molecule has 5 nitrogen and oxygen atoms in total. The smallest absolute Gasteiger partial charge is 0.242 e. The molecule has 1 aromatic rings. The summed E-state index contributed by atoms with van der Waals surface area (Å²) in [7, 11) is 0. The van der Waals surface area contributed by atoms with E-state index in [0.29, 0.717) is 37.0 Å². The van der Waals surface area contributed by atoms with Gasteiger partial charge in [0.1, 0.15) is 0 Å². The average molecular weight is 285 g/mol. The van der Waals surface area contributed by atoms with Crippen LogP contribution in [0.2, 0.25) is 5.02 Å². The van der Waals surface area contributed by atoms with Crippen LogP contribution in [0.25, 0.3) is 0 Å². The molecular formula is C13H17ClN2O3. The van der Waals surface area contributed by atoms with Gasteiger partial charge in [0.05, 0.1) is 37.1 Å². The first-order chi connectivity index (χ1) is 9.20. The quantitative estimate of drug-likeness (QED) is 0.869. The van der Waals surface area contributed by atoms with Gasteiger partial charge in [-0.3, -0.25) is 4.79 Å². The van der Waals surface area contributed by atoms with E-state index < -0.39 is 0 Å². The largest absolute Gasteiger partial charge is 0.392 e. The fourth-order valence-electron chi connectivity index (χ4n) is 1.90. The third-order valence-corrected chi connectivity index (χ3v) is 3.34. The Labute approximate surface area is 117 Å². The highest BCUT2D eigenvalue weighted by Gasteiger charge is 2.16. The molecule has 0 bridgehead atoms. The number of rotatable bonds is 4. The van der Waals surface area contributed by atoms with E-state index in [1.807, 2.05) is 0 Å². The molecule has 0 radical (unpaired) electrons. The fraction of sp³-hybridized carbons (Fsp3) is 0.462. The van der Waals surface area contributed by atoms with Crippen molar-refractivity contribution in [1.29, 1.82) is 0 Å². The van der Waals surface area contributed by atoms with Crippen LogP contribution in [0, 0.1) is 0 Å². The van der Waals surface area contributed by atoms with Crippen molar-refractivity contribution in [1.82, 2.24) is 4.90 Å². The molecule has 19 heavy (non-hydrogen) atoms. The summed E-state index contributed by atoms with van der Waals surface area (Å²) in [5.74, 6) is 0.0220. The van der Waals surface area contributed by atoms with Crippen molar-refractivity contribution in [3.8, 4) is 0 Å². The molecule has 1 aliphatic rings. The van der Waals surface area contributed by atoms with Gasteiger partial charge >= 0.3 is 0 Å². The number of ether oxygens (including phenoxy) is 1. The van der Waals surface area contributed by atoms with E-state index in [1.54, 1.807) is 23.1 Å². The van der Waals surface area contributed by atoms with Crippen molar-refractivity contribution in [2.45, 2.75) is 6.61 Å². The molecule has 0 atom stereocenters. The minimum Gasteiger partial charge on any atom is -0.392 e. The number of carbonyl (C=O) groups excluding carboxylic acids is 1. The Kier molecular flexibility index (Phi) is 5.01. The number of halogens is 1. The minimum absolute atomic E-state index is 0.0220. The molecule has 1 heterocycles. The highest BCUT2D eigenvalue weighted by Crippen LogP contribution is 2.22. The van der Waals surface area contributed by atoms with Gasteiger partial charge in [-0.1, -0.05) is 17.7 Å². The minimum atomic E-state index is -0.0523. The van der Waals surface area contributed by atoms with Crippen molar-refractivity contribution in [2.24, 2.45) is 0 Å². The van der Waals surface area contributed by atoms with Gasteiger partial charge < -0.3 is 20.1 Å². The zero-order valence-corrected chi connectivity index (χ0v) is 11.3. The van der Waals surface area contributed by atoms with Gasteiger partial charge in [-0.05, 0) is 17.7 Å². The Morgan fingerprint density at radius 3 is 2.84 bits per heavy atom. The van der Waals surface area contributed by atoms with Crippen molar-refractivity contribution >= 4 is 23.2 Å². The van der Waals surface area contributed by atoms with E-state index in [9.17, 15) is 4.79 Å². The maximum atomic E-state index is 12.0. The van der Waals surface area contributed by atoms with Crippen molar-refractivity contribution in [3.63, 3.8) is 0 Å². The maximum absolute atomic E-state index is 12.0. The Bertz CT molecular complexity index is 448. The average Bonchev–Trinajstić information content (AvgIpc) is 2.47. The summed E-state index contributed by atoms with van der Waals surface area (Å²) in [4.78, 5) is 13.7. The van der Waals surface area contributed by atoms with E-state index in [1.165, 1.54) is 0 Å². The summed E-state index contributed by atoms with van der Waals surface area (Å²) in [5.41, 5.74) is 1.42. The van der Waals surface area contributed by atoms with E-state index in [0.717, 1.165) is 5.56 Å². The SMILES string of the molecule is O=C(CNc1cc(CO)ccc1Cl)N1CCOCC1. The fourth-order valence-corrected chi connectivity index (χ4v) is 2.09. The van der Waals surface area contributed by atoms with Crippen LogP contribution in [-0.2, 0) is 16.1 Å². The Balaban J connectivity index is 1.92. The lowest BCUT2D eigenvalue weighted by Gasteiger charge is -2.27. The van der Waals surface area contributed by atoms with E-state index >= 15 is 0 Å². The number of amides is 1. The first kappa shape index (κ1) is 14.1. The third-order valence-electron chi connectivity index (χ3n) is 3.01. The third kappa shape index (κ3) is 3.83. The molecule has 2 rings (SSSR count). The number of aliphatic hydroxyl groups excluding tert-OH is 1. The van der Waals surface area contributed by atoms with Gasteiger partial charge in [0, 0.05) is 13.1 Å². The van der Waals surface area contributed by atoms with Crippen molar-refractivity contribution < 1.29 is 14.6 Å². The van der Waals surface area contributed by atoms with E-state index in [4.69, 9.17) is 21.4 Å². The second-order valence-corrected chi connectivity index (χ2v) is 4.73. The highest BCUT2D eigenvalue weighted by atomic mass is 35.5. The van der Waals surface area contributed by atoms with Gasteiger partial charge in [0.25, 0.3) is 0 Å². The summed E-state index contributed by atoms with van der Waals surface area (Å²) in [6.07, 6.45) is 0. The zero-order valence-electron chi connectivity index (χ0n) is 10.6. The number of hydrogen-bond acceptors (Lipinski definition) is 4.